The van der Waals surface area contributed by atoms with Crippen molar-refractivity contribution in [3.05, 3.63) is 64.4 Å². The molecule has 0 saturated carbocycles. The van der Waals surface area contributed by atoms with Gasteiger partial charge in [0.25, 0.3) is 5.56 Å². The molecule has 0 aliphatic heterocycles. The van der Waals surface area contributed by atoms with Crippen LogP contribution in [0.25, 0.3) is 11.4 Å². The summed E-state index contributed by atoms with van der Waals surface area (Å²) in [6.45, 7) is 0.282. The number of pyridine rings is 1. The molecular formula is C15H11F3N4O2. The fourth-order valence-corrected chi connectivity index (χ4v) is 2.12. The minimum Gasteiger partial charge on any atom is -0.399 e. The summed E-state index contributed by atoms with van der Waals surface area (Å²) in [7, 11) is 0. The highest BCUT2D eigenvalue weighted by molar-refractivity contribution is 5.53. The van der Waals surface area contributed by atoms with Crippen LogP contribution < -0.4 is 11.3 Å². The van der Waals surface area contributed by atoms with E-state index in [2.05, 4.69) is 14.7 Å². The summed E-state index contributed by atoms with van der Waals surface area (Å²) in [5.41, 5.74) is 6.81. The summed E-state index contributed by atoms with van der Waals surface area (Å²) in [4.78, 5) is 15.4. The zero-order valence-electron chi connectivity index (χ0n) is 12.1. The van der Waals surface area contributed by atoms with Gasteiger partial charge in [-0.2, -0.15) is 18.2 Å². The van der Waals surface area contributed by atoms with Crippen LogP contribution >= 0.6 is 0 Å². The Morgan fingerprint density at radius 1 is 1.21 bits per heavy atom. The second-order valence-electron chi connectivity index (χ2n) is 5.05. The minimum atomic E-state index is -4.73. The van der Waals surface area contributed by atoms with Gasteiger partial charge in [-0.1, -0.05) is 17.3 Å². The topological polar surface area (TPSA) is 86.9 Å². The number of rotatable bonds is 3. The maximum Gasteiger partial charge on any atom is 0.471 e. The van der Waals surface area contributed by atoms with E-state index < -0.39 is 17.6 Å². The van der Waals surface area contributed by atoms with Gasteiger partial charge in [-0.15, -0.1) is 0 Å². The lowest BCUT2D eigenvalue weighted by molar-refractivity contribution is -0.159. The van der Waals surface area contributed by atoms with Crippen molar-refractivity contribution in [1.82, 2.24) is 14.7 Å². The van der Waals surface area contributed by atoms with Crippen molar-refractivity contribution < 1.29 is 17.7 Å². The van der Waals surface area contributed by atoms with Gasteiger partial charge in [0.2, 0.25) is 5.82 Å². The van der Waals surface area contributed by atoms with Crippen molar-refractivity contribution in [2.24, 2.45) is 0 Å². The third kappa shape index (κ3) is 3.29. The fraction of sp³-hybridized carbons (Fsp3) is 0.133. The van der Waals surface area contributed by atoms with E-state index in [1.54, 1.807) is 18.2 Å². The van der Waals surface area contributed by atoms with Crippen molar-refractivity contribution in [3.8, 4) is 11.4 Å². The smallest absolute Gasteiger partial charge is 0.399 e. The number of halogens is 3. The van der Waals surface area contributed by atoms with E-state index >= 15 is 0 Å². The van der Waals surface area contributed by atoms with Crippen LogP contribution in [0.15, 0.2) is 51.9 Å². The highest BCUT2D eigenvalue weighted by Gasteiger charge is 2.38. The lowest BCUT2D eigenvalue weighted by Crippen LogP contribution is -2.19. The Kier molecular flexibility index (Phi) is 3.84. The molecule has 2 N–H and O–H groups in total. The lowest BCUT2D eigenvalue weighted by Gasteiger charge is -2.07. The fourth-order valence-electron chi connectivity index (χ4n) is 2.12. The second-order valence-corrected chi connectivity index (χ2v) is 5.05. The first-order valence-electron chi connectivity index (χ1n) is 6.79. The summed E-state index contributed by atoms with van der Waals surface area (Å²) >= 11 is 0. The molecule has 1 aromatic carbocycles. The number of aromatic nitrogens is 3. The van der Waals surface area contributed by atoms with Crippen LogP contribution in [0.5, 0.6) is 0 Å². The Hall–Kier alpha value is -3.10. The molecule has 6 nitrogen and oxygen atoms in total. The molecule has 0 saturated heterocycles. The van der Waals surface area contributed by atoms with Crippen LogP contribution in [0.4, 0.5) is 18.9 Å². The Morgan fingerprint density at radius 2 is 2.00 bits per heavy atom. The third-order valence-corrected chi connectivity index (χ3v) is 3.23. The van der Waals surface area contributed by atoms with Gasteiger partial charge in [-0.25, -0.2) is 0 Å². The Bertz CT molecular complexity index is 931. The molecule has 2 heterocycles. The summed E-state index contributed by atoms with van der Waals surface area (Å²) < 4.78 is 42.9. The number of alkyl halides is 3. The molecule has 9 heteroatoms. The van der Waals surface area contributed by atoms with E-state index in [-0.39, 0.29) is 17.9 Å². The molecule has 0 atom stereocenters. The zero-order valence-corrected chi connectivity index (χ0v) is 12.1. The molecule has 3 aromatic rings. The van der Waals surface area contributed by atoms with E-state index in [0.29, 0.717) is 5.69 Å². The lowest BCUT2D eigenvalue weighted by atomic mass is 10.2. The van der Waals surface area contributed by atoms with Crippen molar-refractivity contribution in [1.29, 1.82) is 0 Å². The molecule has 2 aromatic heterocycles. The Labute approximate surface area is 133 Å². The van der Waals surface area contributed by atoms with E-state index in [1.807, 2.05) is 6.07 Å². The van der Waals surface area contributed by atoms with Crippen molar-refractivity contribution >= 4 is 5.69 Å². The minimum absolute atomic E-state index is 0.142. The van der Waals surface area contributed by atoms with Gasteiger partial charge in [0, 0.05) is 23.5 Å². The highest BCUT2D eigenvalue weighted by atomic mass is 19.4. The van der Waals surface area contributed by atoms with Gasteiger partial charge in [0.1, 0.15) is 0 Å². The number of hydrogen-bond acceptors (Lipinski definition) is 5. The number of hydrogen-bond donors (Lipinski definition) is 1. The Morgan fingerprint density at radius 3 is 2.62 bits per heavy atom. The first-order chi connectivity index (χ1) is 11.3. The van der Waals surface area contributed by atoms with Crippen LogP contribution in [0, 0.1) is 0 Å². The van der Waals surface area contributed by atoms with Gasteiger partial charge in [0.15, 0.2) is 0 Å². The summed E-state index contributed by atoms with van der Waals surface area (Å²) in [6, 6.07) is 9.63. The molecule has 3 rings (SSSR count). The predicted octanol–water partition coefficient (Wildman–Crippen LogP) is 2.55. The molecule has 24 heavy (non-hydrogen) atoms. The highest BCUT2D eigenvalue weighted by Crippen LogP contribution is 2.29. The first-order valence-corrected chi connectivity index (χ1v) is 6.79. The molecule has 0 radical (unpaired) electrons. The standard InChI is InChI=1S/C15H11F3N4O2/c16-15(17,18)14-20-13(21-24-14)10-4-5-22(12(23)7-10)8-9-2-1-3-11(19)6-9/h1-7H,8,19H2. The molecule has 0 spiro atoms. The average molecular weight is 336 g/mol. The van der Waals surface area contributed by atoms with Crippen LogP contribution in [-0.2, 0) is 12.7 Å². The second kappa shape index (κ2) is 5.84. The molecule has 0 bridgehead atoms. The molecule has 0 aliphatic carbocycles. The summed E-state index contributed by atoms with van der Waals surface area (Å²) in [6.07, 6.45) is -3.28. The molecule has 0 amide bonds. The van der Waals surface area contributed by atoms with Crippen LogP contribution in [0.1, 0.15) is 11.5 Å². The normalized spacial score (nSPS) is 11.6. The first kappa shape index (κ1) is 15.8. The zero-order chi connectivity index (χ0) is 17.3. The number of nitrogens with two attached hydrogens (primary N) is 1. The average Bonchev–Trinajstić information content (AvgIpc) is 2.99. The number of nitrogens with zero attached hydrogens (tertiary/aromatic N) is 3. The molecule has 0 unspecified atom stereocenters. The molecule has 124 valence electrons. The predicted molar refractivity (Wildman–Crippen MR) is 79.0 cm³/mol. The van der Waals surface area contributed by atoms with Crippen molar-refractivity contribution in [2.45, 2.75) is 12.7 Å². The van der Waals surface area contributed by atoms with Crippen LogP contribution in [0.3, 0.4) is 0 Å². The van der Waals surface area contributed by atoms with E-state index in [4.69, 9.17) is 5.73 Å². The number of anilines is 1. The van der Waals surface area contributed by atoms with Crippen molar-refractivity contribution in [2.75, 3.05) is 5.73 Å². The maximum atomic E-state index is 12.5. The van der Waals surface area contributed by atoms with Gasteiger partial charge < -0.3 is 14.8 Å². The van der Waals surface area contributed by atoms with Crippen LogP contribution in [-0.4, -0.2) is 14.7 Å². The maximum absolute atomic E-state index is 12.5. The SMILES string of the molecule is Nc1cccc(Cn2ccc(-c3noc(C(F)(F)F)n3)cc2=O)c1. The summed E-state index contributed by atoms with van der Waals surface area (Å²) in [5.74, 6) is -1.75. The van der Waals surface area contributed by atoms with Gasteiger partial charge >= 0.3 is 12.1 Å². The molecule has 0 fully saturated rings. The van der Waals surface area contributed by atoms with E-state index in [9.17, 15) is 18.0 Å². The summed E-state index contributed by atoms with van der Waals surface area (Å²) in [5, 5.41) is 3.25. The molecule has 0 aliphatic rings. The quantitative estimate of drug-likeness (QED) is 0.743. The number of nitrogen functional groups attached to an aromatic ring is 1. The monoisotopic (exact) mass is 336 g/mol. The van der Waals surface area contributed by atoms with Gasteiger partial charge in [-0.05, 0) is 23.8 Å². The van der Waals surface area contributed by atoms with E-state index in [0.717, 1.165) is 11.6 Å². The van der Waals surface area contributed by atoms with E-state index in [1.165, 1.54) is 16.8 Å². The Balaban J connectivity index is 1.87. The van der Waals surface area contributed by atoms with Gasteiger partial charge in [-0.3, -0.25) is 4.79 Å². The van der Waals surface area contributed by atoms with Crippen molar-refractivity contribution in [3.63, 3.8) is 0 Å². The van der Waals surface area contributed by atoms with Gasteiger partial charge in [0.05, 0.1) is 6.54 Å². The molecular weight excluding hydrogens is 325 g/mol. The van der Waals surface area contributed by atoms with Crippen LogP contribution in [0.2, 0.25) is 0 Å². The largest absolute Gasteiger partial charge is 0.471 e. The third-order valence-electron chi connectivity index (χ3n) is 3.23. The number of benzene rings is 1.